The molecule has 0 spiro atoms. The predicted octanol–water partition coefficient (Wildman–Crippen LogP) is 3.11. The van der Waals surface area contributed by atoms with E-state index in [1.807, 2.05) is 0 Å². The number of amides is 1. The highest BCUT2D eigenvalue weighted by molar-refractivity contribution is 7.92. The van der Waals surface area contributed by atoms with Crippen molar-refractivity contribution in [1.29, 1.82) is 0 Å². The average Bonchev–Trinajstić information content (AvgIpc) is 2.51. The molecule has 2 rings (SSSR count). The van der Waals surface area contributed by atoms with Crippen LogP contribution in [0.5, 0.6) is 0 Å². The van der Waals surface area contributed by atoms with Crippen molar-refractivity contribution in [3.05, 3.63) is 61.6 Å². The molecule has 8 nitrogen and oxygen atoms in total. The van der Waals surface area contributed by atoms with Crippen LogP contribution in [0.25, 0.3) is 0 Å². The van der Waals surface area contributed by atoms with Gasteiger partial charge < -0.3 is 5.73 Å². The van der Waals surface area contributed by atoms with E-state index >= 15 is 0 Å². The summed E-state index contributed by atoms with van der Waals surface area (Å²) in [5, 5.41) is 11.0. The van der Waals surface area contributed by atoms with Crippen molar-refractivity contribution in [2.24, 2.45) is 5.73 Å². The van der Waals surface area contributed by atoms with E-state index in [4.69, 9.17) is 28.9 Å². The number of benzene rings is 2. The normalized spacial score (nSPS) is 11.2. The zero-order valence-corrected chi connectivity index (χ0v) is 14.9. The fraction of sp³-hybridized carbons (Fsp3) is 0.0714. The van der Waals surface area contributed by atoms with E-state index in [1.165, 1.54) is 19.1 Å². The van der Waals surface area contributed by atoms with Gasteiger partial charge in [-0.2, -0.15) is 0 Å². The van der Waals surface area contributed by atoms with Gasteiger partial charge in [-0.1, -0.05) is 23.2 Å². The van der Waals surface area contributed by atoms with Gasteiger partial charge in [0.05, 0.1) is 25.6 Å². The first-order valence-corrected chi connectivity index (χ1v) is 8.83. The van der Waals surface area contributed by atoms with E-state index in [9.17, 15) is 23.3 Å². The summed E-state index contributed by atoms with van der Waals surface area (Å²) in [5.41, 5.74) is 4.78. The van der Waals surface area contributed by atoms with Gasteiger partial charge in [-0.05, 0) is 31.2 Å². The van der Waals surface area contributed by atoms with E-state index < -0.39 is 31.4 Å². The molecule has 0 aliphatic heterocycles. The summed E-state index contributed by atoms with van der Waals surface area (Å²) in [4.78, 5) is 21.1. The Morgan fingerprint density at radius 1 is 1.20 bits per heavy atom. The second-order valence-electron chi connectivity index (χ2n) is 4.97. The molecule has 0 bridgehead atoms. The zero-order valence-electron chi connectivity index (χ0n) is 12.6. The summed E-state index contributed by atoms with van der Waals surface area (Å²) in [5.74, 6) is -0.772. The molecule has 0 radical (unpaired) electrons. The highest BCUT2D eigenvalue weighted by Gasteiger charge is 2.23. The summed E-state index contributed by atoms with van der Waals surface area (Å²) in [6, 6.07) is 5.75. The minimum absolute atomic E-state index is 0.0151. The van der Waals surface area contributed by atoms with Crippen LogP contribution in [0.15, 0.2) is 35.2 Å². The number of hydrogen-bond donors (Lipinski definition) is 2. The molecule has 1 amide bonds. The Morgan fingerprint density at radius 3 is 2.40 bits per heavy atom. The number of nitrogens with zero attached hydrogens (tertiary/aromatic N) is 1. The summed E-state index contributed by atoms with van der Waals surface area (Å²) in [7, 11) is -4.25. The van der Waals surface area contributed by atoms with Crippen molar-refractivity contribution in [2.75, 3.05) is 4.72 Å². The van der Waals surface area contributed by atoms with E-state index in [2.05, 4.69) is 4.72 Å². The first kappa shape index (κ1) is 19.0. The molecule has 25 heavy (non-hydrogen) atoms. The van der Waals surface area contributed by atoms with Gasteiger partial charge in [-0.25, -0.2) is 8.42 Å². The van der Waals surface area contributed by atoms with E-state index in [-0.39, 0.29) is 26.9 Å². The van der Waals surface area contributed by atoms with Crippen LogP contribution in [0, 0.1) is 17.0 Å². The lowest BCUT2D eigenvalue weighted by atomic mass is 10.2. The van der Waals surface area contributed by atoms with Crippen molar-refractivity contribution in [2.45, 2.75) is 11.8 Å². The number of halogens is 2. The highest BCUT2D eigenvalue weighted by atomic mass is 35.5. The molecule has 0 heterocycles. The number of nitro groups is 1. The number of anilines is 1. The number of nitro benzene ring substituents is 1. The molecule has 11 heteroatoms. The van der Waals surface area contributed by atoms with Crippen LogP contribution in [0.2, 0.25) is 10.0 Å². The summed E-state index contributed by atoms with van der Waals surface area (Å²) in [6.07, 6.45) is 0. The number of rotatable bonds is 5. The smallest absolute Gasteiger partial charge is 0.275 e. The number of nitrogens with one attached hydrogen (secondary N) is 1. The topological polar surface area (TPSA) is 132 Å². The first-order valence-electron chi connectivity index (χ1n) is 6.59. The number of carbonyl (C=O) groups is 1. The van der Waals surface area contributed by atoms with Crippen LogP contribution in [0.1, 0.15) is 15.9 Å². The fourth-order valence-electron chi connectivity index (χ4n) is 1.95. The van der Waals surface area contributed by atoms with Crippen molar-refractivity contribution in [1.82, 2.24) is 0 Å². The number of hydrogen-bond acceptors (Lipinski definition) is 5. The van der Waals surface area contributed by atoms with Crippen LogP contribution >= 0.6 is 23.2 Å². The lowest BCUT2D eigenvalue weighted by molar-refractivity contribution is -0.385. The molecular formula is C14H11Cl2N3O5S. The van der Waals surface area contributed by atoms with Gasteiger partial charge in [-0.15, -0.1) is 0 Å². The van der Waals surface area contributed by atoms with Crippen molar-refractivity contribution in [3.8, 4) is 0 Å². The Hall–Kier alpha value is -2.36. The van der Waals surface area contributed by atoms with Gasteiger partial charge in [-0.3, -0.25) is 19.6 Å². The van der Waals surface area contributed by atoms with E-state index in [1.54, 1.807) is 0 Å². The maximum Gasteiger partial charge on any atom is 0.275 e. The predicted molar refractivity (Wildman–Crippen MR) is 93.6 cm³/mol. The fourth-order valence-corrected chi connectivity index (χ4v) is 3.56. The molecule has 0 atom stereocenters. The van der Waals surface area contributed by atoms with Crippen LogP contribution in [0.3, 0.4) is 0 Å². The van der Waals surface area contributed by atoms with E-state index in [0.717, 1.165) is 18.2 Å². The average molecular weight is 404 g/mol. The minimum atomic E-state index is -4.25. The molecule has 0 aromatic heterocycles. The van der Waals surface area contributed by atoms with Crippen LogP contribution in [-0.2, 0) is 10.0 Å². The highest BCUT2D eigenvalue weighted by Crippen LogP contribution is 2.31. The zero-order chi connectivity index (χ0) is 18.9. The van der Waals surface area contributed by atoms with Gasteiger partial charge >= 0.3 is 0 Å². The largest absolute Gasteiger partial charge is 0.366 e. The maximum absolute atomic E-state index is 12.5. The Labute approximate surface area is 152 Å². The lowest BCUT2D eigenvalue weighted by Crippen LogP contribution is -2.16. The SMILES string of the molecule is Cc1c(Cl)cc(S(=O)(=O)Nc2cc(C(N)=O)ccc2Cl)cc1[N+](=O)[O-]. The number of primary amides is 1. The number of sulfonamides is 1. The first-order chi connectivity index (χ1) is 11.5. The third-order valence-electron chi connectivity index (χ3n) is 3.29. The number of carbonyl (C=O) groups excluding carboxylic acids is 1. The Kier molecular flexibility index (Phi) is 5.21. The standard InChI is InChI=1S/C14H11Cl2N3O5S/c1-7-11(16)5-9(6-13(7)19(21)22)25(23,24)18-12-4-8(14(17)20)2-3-10(12)15/h2-6,18H,1H3,(H2,17,20). The van der Waals surface area contributed by atoms with Crippen molar-refractivity contribution in [3.63, 3.8) is 0 Å². The quantitative estimate of drug-likeness (QED) is 0.584. The third kappa shape index (κ3) is 4.01. The second kappa shape index (κ2) is 6.87. The molecule has 0 unspecified atom stereocenters. The molecule has 0 fully saturated rings. The molecule has 2 aromatic carbocycles. The second-order valence-corrected chi connectivity index (χ2v) is 7.47. The minimum Gasteiger partial charge on any atom is -0.366 e. The van der Waals surface area contributed by atoms with E-state index in [0.29, 0.717) is 0 Å². The monoisotopic (exact) mass is 403 g/mol. The number of nitrogens with two attached hydrogens (primary N) is 1. The molecule has 3 N–H and O–H groups in total. The maximum atomic E-state index is 12.5. The van der Waals surface area contributed by atoms with Gasteiger partial charge in [0.2, 0.25) is 5.91 Å². The summed E-state index contributed by atoms with van der Waals surface area (Å²) >= 11 is 11.8. The van der Waals surface area contributed by atoms with Gasteiger partial charge in [0.1, 0.15) is 0 Å². The van der Waals surface area contributed by atoms with Crippen molar-refractivity contribution >= 4 is 50.5 Å². The molecule has 132 valence electrons. The molecular weight excluding hydrogens is 393 g/mol. The molecule has 0 saturated heterocycles. The van der Waals surface area contributed by atoms with Crippen molar-refractivity contribution < 1.29 is 18.1 Å². The van der Waals surface area contributed by atoms with Gasteiger partial charge in [0, 0.05) is 17.2 Å². The van der Waals surface area contributed by atoms with Crippen LogP contribution in [0.4, 0.5) is 11.4 Å². The lowest BCUT2D eigenvalue weighted by Gasteiger charge is -2.11. The Bertz CT molecular complexity index is 992. The summed E-state index contributed by atoms with van der Waals surface area (Å²) < 4.78 is 27.2. The van der Waals surface area contributed by atoms with Crippen LogP contribution < -0.4 is 10.5 Å². The molecule has 0 aliphatic carbocycles. The molecule has 0 aliphatic rings. The Balaban J connectivity index is 2.52. The molecule has 2 aromatic rings. The third-order valence-corrected chi connectivity index (χ3v) is 5.36. The molecule has 0 saturated carbocycles. The summed E-state index contributed by atoms with van der Waals surface area (Å²) in [6.45, 7) is 1.40. The Morgan fingerprint density at radius 2 is 1.84 bits per heavy atom. The van der Waals surface area contributed by atoms with Gasteiger partial charge in [0.15, 0.2) is 0 Å². The van der Waals surface area contributed by atoms with Gasteiger partial charge in [0.25, 0.3) is 15.7 Å². The van der Waals surface area contributed by atoms with Crippen LogP contribution in [-0.4, -0.2) is 19.2 Å².